The SMILES string of the molecule is Cc1nc2cnccc2n1-c1ccc(CC#N)cc1. The summed E-state index contributed by atoms with van der Waals surface area (Å²) in [5.74, 6) is 0.927. The van der Waals surface area contributed by atoms with E-state index in [1.165, 1.54) is 0 Å². The summed E-state index contributed by atoms with van der Waals surface area (Å²) >= 11 is 0. The van der Waals surface area contributed by atoms with E-state index < -0.39 is 0 Å². The average Bonchev–Trinajstić information content (AvgIpc) is 2.76. The second kappa shape index (κ2) is 4.54. The molecule has 0 spiro atoms. The molecule has 4 nitrogen and oxygen atoms in total. The number of pyridine rings is 1. The molecular formula is C15H12N4. The van der Waals surface area contributed by atoms with Crippen molar-refractivity contribution >= 4 is 11.0 Å². The van der Waals surface area contributed by atoms with Crippen molar-refractivity contribution in [1.82, 2.24) is 14.5 Å². The number of rotatable bonds is 2. The van der Waals surface area contributed by atoms with Crippen LogP contribution >= 0.6 is 0 Å². The van der Waals surface area contributed by atoms with E-state index in [0.29, 0.717) is 6.42 Å². The lowest BCUT2D eigenvalue weighted by molar-refractivity contribution is 0.999. The van der Waals surface area contributed by atoms with Gasteiger partial charge in [-0.2, -0.15) is 5.26 Å². The van der Waals surface area contributed by atoms with Crippen LogP contribution in [0.2, 0.25) is 0 Å². The molecule has 0 N–H and O–H groups in total. The third-order valence-electron chi connectivity index (χ3n) is 3.10. The Kier molecular flexibility index (Phi) is 2.73. The Hall–Kier alpha value is -2.67. The molecule has 0 aliphatic heterocycles. The number of benzene rings is 1. The van der Waals surface area contributed by atoms with Gasteiger partial charge in [0.15, 0.2) is 0 Å². The van der Waals surface area contributed by atoms with E-state index in [2.05, 4.69) is 20.6 Å². The molecule has 92 valence electrons. The number of nitrogens with zero attached hydrogens (tertiary/aromatic N) is 4. The Morgan fingerprint density at radius 1 is 1.21 bits per heavy atom. The fourth-order valence-electron chi connectivity index (χ4n) is 2.23. The summed E-state index contributed by atoms with van der Waals surface area (Å²) in [6.07, 6.45) is 3.97. The van der Waals surface area contributed by atoms with Crippen molar-refractivity contribution < 1.29 is 0 Å². The fourth-order valence-corrected chi connectivity index (χ4v) is 2.23. The van der Waals surface area contributed by atoms with Crippen molar-refractivity contribution in [2.75, 3.05) is 0 Å². The molecule has 19 heavy (non-hydrogen) atoms. The van der Waals surface area contributed by atoms with Gasteiger partial charge in [-0.1, -0.05) is 12.1 Å². The number of hydrogen-bond acceptors (Lipinski definition) is 3. The Balaban J connectivity index is 2.14. The van der Waals surface area contributed by atoms with Crippen LogP contribution in [-0.2, 0) is 6.42 Å². The number of imidazole rings is 1. The van der Waals surface area contributed by atoms with E-state index in [1.807, 2.05) is 37.3 Å². The third-order valence-corrected chi connectivity index (χ3v) is 3.10. The van der Waals surface area contributed by atoms with Crippen LogP contribution in [0.3, 0.4) is 0 Å². The Morgan fingerprint density at radius 3 is 2.74 bits per heavy atom. The van der Waals surface area contributed by atoms with Crippen molar-refractivity contribution in [3.05, 3.63) is 54.1 Å². The molecule has 0 bridgehead atoms. The maximum absolute atomic E-state index is 8.69. The molecule has 0 unspecified atom stereocenters. The highest BCUT2D eigenvalue weighted by Gasteiger charge is 2.08. The summed E-state index contributed by atoms with van der Waals surface area (Å²) in [4.78, 5) is 8.58. The maximum atomic E-state index is 8.69. The number of fused-ring (bicyclic) bond motifs is 1. The maximum Gasteiger partial charge on any atom is 0.111 e. The molecule has 0 saturated carbocycles. The van der Waals surface area contributed by atoms with Gasteiger partial charge in [-0.05, 0) is 30.7 Å². The summed E-state index contributed by atoms with van der Waals surface area (Å²) in [5, 5.41) is 8.69. The molecule has 0 atom stereocenters. The topological polar surface area (TPSA) is 54.5 Å². The summed E-state index contributed by atoms with van der Waals surface area (Å²) in [6.45, 7) is 1.98. The minimum atomic E-state index is 0.438. The smallest absolute Gasteiger partial charge is 0.111 e. The zero-order valence-corrected chi connectivity index (χ0v) is 10.5. The molecule has 0 radical (unpaired) electrons. The molecule has 3 aromatic rings. The largest absolute Gasteiger partial charge is 0.296 e. The first kappa shape index (κ1) is 11.4. The molecule has 0 aliphatic rings. The van der Waals surface area contributed by atoms with Crippen molar-refractivity contribution in [3.63, 3.8) is 0 Å². The number of aromatic nitrogens is 3. The summed E-state index contributed by atoms with van der Waals surface area (Å²) in [5.41, 5.74) is 4.00. The van der Waals surface area contributed by atoms with Crippen LogP contribution in [0, 0.1) is 18.3 Å². The van der Waals surface area contributed by atoms with Gasteiger partial charge < -0.3 is 0 Å². The fraction of sp³-hybridized carbons (Fsp3) is 0.133. The first-order chi connectivity index (χ1) is 9.29. The number of hydrogen-bond donors (Lipinski definition) is 0. The van der Waals surface area contributed by atoms with Gasteiger partial charge in [0.1, 0.15) is 11.3 Å². The lowest BCUT2D eigenvalue weighted by Gasteiger charge is -2.07. The molecule has 3 rings (SSSR count). The van der Waals surface area contributed by atoms with Crippen LogP contribution in [0.1, 0.15) is 11.4 Å². The number of nitriles is 1. The van der Waals surface area contributed by atoms with E-state index in [1.54, 1.807) is 12.4 Å². The van der Waals surface area contributed by atoms with Gasteiger partial charge >= 0.3 is 0 Å². The lowest BCUT2D eigenvalue weighted by atomic mass is 10.1. The van der Waals surface area contributed by atoms with Crippen LogP contribution < -0.4 is 0 Å². The van der Waals surface area contributed by atoms with Crippen LogP contribution in [0.15, 0.2) is 42.7 Å². The summed E-state index contributed by atoms with van der Waals surface area (Å²) in [6, 6.07) is 12.1. The second-order valence-electron chi connectivity index (χ2n) is 4.36. The standard InChI is InChI=1S/C15H12N4/c1-11-18-14-10-17-9-7-15(14)19(11)13-4-2-12(3-5-13)6-8-16/h2-5,7,9-10H,6H2,1H3. The van der Waals surface area contributed by atoms with E-state index in [4.69, 9.17) is 5.26 Å². The molecule has 2 aromatic heterocycles. The number of aryl methyl sites for hydroxylation is 1. The Labute approximate surface area is 111 Å². The lowest BCUT2D eigenvalue weighted by Crippen LogP contribution is -1.97. The van der Waals surface area contributed by atoms with Crippen molar-refractivity contribution in [2.45, 2.75) is 13.3 Å². The second-order valence-corrected chi connectivity index (χ2v) is 4.36. The Bertz CT molecular complexity index is 763. The van der Waals surface area contributed by atoms with Crippen molar-refractivity contribution in [1.29, 1.82) is 5.26 Å². The zero-order chi connectivity index (χ0) is 13.2. The van der Waals surface area contributed by atoms with E-state index >= 15 is 0 Å². The van der Waals surface area contributed by atoms with Gasteiger partial charge in [-0.15, -0.1) is 0 Å². The monoisotopic (exact) mass is 248 g/mol. The van der Waals surface area contributed by atoms with Gasteiger partial charge in [-0.25, -0.2) is 4.98 Å². The van der Waals surface area contributed by atoms with Crippen LogP contribution in [0.25, 0.3) is 16.7 Å². The van der Waals surface area contributed by atoms with Crippen molar-refractivity contribution in [3.8, 4) is 11.8 Å². The molecular weight excluding hydrogens is 236 g/mol. The third kappa shape index (κ3) is 1.95. The quantitative estimate of drug-likeness (QED) is 0.700. The summed E-state index contributed by atoms with van der Waals surface area (Å²) in [7, 11) is 0. The predicted octanol–water partition coefficient (Wildman–Crippen LogP) is 2.80. The highest BCUT2D eigenvalue weighted by atomic mass is 15.1. The van der Waals surface area contributed by atoms with E-state index in [-0.39, 0.29) is 0 Å². The van der Waals surface area contributed by atoms with Gasteiger partial charge in [0, 0.05) is 11.9 Å². The minimum Gasteiger partial charge on any atom is -0.296 e. The summed E-state index contributed by atoms with van der Waals surface area (Å²) < 4.78 is 2.09. The van der Waals surface area contributed by atoms with Gasteiger partial charge in [0.25, 0.3) is 0 Å². The average molecular weight is 248 g/mol. The first-order valence-corrected chi connectivity index (χ1v) is 6.05. The molecule has 0 fully saturated rings. The Morgan fingerprint density at radius 2 is 2.00 bits per heavy atom. The van der Waals surface area contributed by atoms with E-state index in [9.17, 15) is 0 Å². The van der Waals surface area contributed by atoms with Crippen LogP contribution in [-0.4, -0.2) is 14.5 Å². The minimum absolute atomic E-state index is 0.438. The molecule has 2 heterocycles. The van der Waals surface area contributed by atoms with E-state index in [0.717, 1.165) is 28.1 Å². The molecule has 4 heteroatoms. The normalized spacial score (nSPS) is 10.5. The highest BCUT2D eigenvalue weighted by molar-refractivity contribution is 5.77. The van der Waals surface area contributed by atoms with Gasteiger partial charge in [0.2, 0.25) is 0 Å². The van der Waals surface area contributed by atoms with Gasteiger partial charge in [-0.3, -0.25) is 9.55 Å². The van der Waals surface area contributed by atoms with Gasteiger partial charge in [0.05, 0.1) is 24.2 Å². The molecule has 0 amide bonds. The molecule has 0 aliphatic carbocycles. The van der Waals surface area contributed by atoms with Crippen LogP contribution in [0.4, 0.5) is 0 Å². The van der Waals surface area contributed by atoms with Crippen molar-refractivity contribution in [2.24, 2.45) is 0 Å². The molecule has 1 aromatic carbocycles. The molecule has 0 saturated heterocycles. The van der Waals surface area contributed by atoms with Crippen LogP contribution in [0.5, 0.6) is 0 Å². The first-order valence-electron chi connectivity index (χ1n) is 6.05. The zero-order valence-electron chi connectivity index (χ0n) is 10.5. The highest BCUT2D eigenvalue weighted by Crippen LogP contribution is 2.20. The predicted molar refractivity (Wildman–Crippen MR) is 72.9 cm³/mol.